The van der Waals surface area contributed by atoms with E-state index in [2.05, 4.69) is 424 Å². The Morgan fingerprint density at radius 1 is 0.267 bits per heavy atom. The maximum Gasteiger partial charge on any atom is 0.0635 e. The summed E-state index contributed by atoms with van der Waals surface area (Å²) in [5.74, 6) is 0. The molecular weight excluding hydrogens is 1290 g/mol. The first-order valence-electron chi connectivity index (χ1n) is 34.8. The smallest absolute Gasteiger partial charge is 0.0635 e. The lowest BCUT2D eigenvalue weighted by Gasteiger charge is -2.42. The average Bonchev–Trinajstić information content (AvgIpc) is 1.70. The van der Waals surface area contributed by atoms with Crippen molar-refractivity contribution in [1.82, 2.24) is 18.7 Å². The molecule has 6 heterocycles. The molecule has 101 heavy (non-hydrogen) atoms. The van der Waals surface area contributed by atoms with Crippen LogP contribution in [0.2, 0.25) is 0 Å². The number of halogens is 1. The second-order valence-electron chi connectivity index (χ2n) is 27.5. The highest BCUT2D eigenvalue weighted by Gasteiger charge is 2.38. The van der Waals surface area contributed by atoms with Crippen molar-refractivity contribution in [2.75, 3.05) is 9.80 Å². The van der Waals surface area contributed by atoms with Gasteiger partial charge in [0.25, 0.3) is 0 Å². The van der Waals surface area contributed by atoms with Gasteiger partial charge < -0.3 is 28.5 Å². The molecule has 0 bridgehead atoms. The minimum Gasteiger partial charge on any atom is -0.354 e. The van der Waals surface area contributed by atoms with Crippen LogP contribution in [0.5, 0.6) is 0 Å². The fourth-order valence-corrected chi connectivity index (χ4v) is 16.5. The molecule has 0 aliphatic carbocycles. The third-order valence-electron chi connectivity index (χ3n) is 21.0. The van der Waals surface area contributed by atoms with Crippen molar-refractivity contribution >= 4 is 115 Å². The van der Waals surface area contributed by atoms with Gasteiger partial charge in [-0.25, -0.2) is 0 Å². The van der Waals surface area contributed by atoms with Crippen LogP contribution in [0.3, 0.4) is 0 Å². The first-order chi connectivity index (χ1) is 49.6. The number of para-hydroxylation sites is 8. The second-order valence-corrected chi connectivity index (χ2v) is 28.4. The number of aromatic nitrogens is 4. The van der Waals surface area contributed by atoms with Crippen molar-refractivity contribution in [2.24, 2.45) is 0 Å². The fraction of sp³-hybridized carbons (Fsp3) is 0.0638. The van der Waals surface area contributed by atoms with Gasteiger partial charge in [0.05, 0.1) is 61.7 Å². The second kappa shape index (κ2) is 24.7. The lowest BCUT2D eigenvalue weighted by molar-refractivity contribution is 0.632. The molecule has 0 saturated heterocycles. The van der Waals surface area contributed by atoms with Crippen molar-refractivity contribution in [3.63, 3.8) is 0 Å². The van der Waals surface area contributed by atoms with E-state index < -0.39 is 0 Å². The number of H-pyrrole nitrogens is 1. The molecule has 0 spiro atoms. The summed E-state index contributed by atoms with van der Waals surface area (Å²) in [5.41, 5.74) is 28.1. The van der Waals surface area contributed by atoms with Crippen LogP contribution >= 0.6 is 15.9 Å². The van der Waals surface area contributed by atoms with E-state index in [9.17, 15) is 0 Å². The first-order valence-corrected chi connectivity index (χ1v) is 35.6. The molecule has 1 N–H and O–H groups in total. The first kappa shape index (κ1) is 61.2. The molecule has 7 heteroatoms. The van der Waals surface area contributed by atoms with Crippen molar-refractivity contribution in [3.8, 4) is 39.6 Å². The minimum atomic E-state index is -0.0905. The Morgan fingerprint density at radius 3 is 1.12 bits per heavy atom. The molecule has 0 saturated carbocycles. The van der Waals surface area contributed by atoms with E-state index in [1.54, 1.807) is 0 Å². The van der Waals surface area contributed by atoms with Gasteiger partial charge in [-0.15, -0.1) is 0 Å². The van der Waals surface area contributed by atoms with Crippen LogP contribution in [0, 0.1) is 0 Å². The van der Waals surface area contributed by atoms with Crippen LogP contribution in [0.1, 0.15) is 49.9 Å². The van der Waals surface area contributed by atoms with Gasteiger partial charge in [0.1, 0.15) is 0 Å². The predicted octanol–water partition coefficient (Wildman–Crippen LogP) is 26.0. The van der Waals surface area contributed by atoms with Crippen molar-refractivity contribution in [2.45, 2.75) is 38.5 Å². The minimum absolute atomic E-state index is 0.000942. The van der Waals surface area contributed by atoms with E-state index in [0.717, 1.165) is 21.5 Å². The quantitative estimate of drug-likeness (QED) is 0.173. The van der Waals surface area contributed by atoms with E-state index in [-0.39, 0.29) is 10.8 Å². The summed E-state index contributed by atoms with van der Waals surface area (Å²) >= 11 is 3.53. The zero-order valence-electron chi connectivity index (χ0n) is 56.6. The SMILES string of the molecule is CC1(C)c2ccccc2N(c2ccc(-n3c4ccccc4c4ccc5c(cc(-c6ccccc6)n5-c5ccccc5)c43)cc2)c2ccccc21.CC1(C)c2ccccc2N(c2ccc(Br)cc2)c2ccccc21.c1ccc(-c2cc3c4[nH]c5ccccc5c4ccc3n2-c2ccccc2)cc1. The van der Waals surface area contributed by atoms with Gasteiger partial charge in [-0.1, -0.05) is 262 Å². The van der Waals surface area contributed by atoms with Crippen LogP contribution in [0.15, 0.2) is 356 Å². The summed E-state index contributed by atoms with van der Waals surface area (Å²) in [7, 11) is 0. The number of nitrogens with one attached hydrogen (secondary N) is 1. The van der Waals surface area contributed by atoms with E-state index in [0.29, 0.717) is 0 Å². The number of anilines is 6. The Hall–Kier alpha value is -12.2. The van der Waals surface area contributed by atoms with Gasteiger partial charge in [-0.05, 0) is 167 Å². The summed E-state index contributed by atoms with van der Waals surface area (Å²) in [4.78, 5) is 8.44. The number of rotatable bonds is 7. The Morgan fingerprint density at radius 2 is 0.624 bits per heavy atom. The van der Waals surface area contributed by atoms with Gasteiger partial charge in [0, 0.05) is 81.6 Å². The lowest BCUT2D eigenvalue weighted by Crippen LogP contribution is -2.30. The largest absolute Gasteiger partial charge is 0.354 e. The molecule has 18 aromatic rings. The Kier molecular flexibility index (Phi) is 15.0. The predicted molar refractivity (Wildman–Crippen MR) is 429 cm³/mol. The highest BCUT2D eigenvalue weighted by Crippen LogP contribution is 2.54. The molecule has 6 nitrogen and oxygen atoms in total. The summed E-state index contributed by atoms with van der Waals surface area (Å²) in [6, 6.07) is 127. The van der Waals surface area contributed by atoms with Crippen molar-refractivity contribution in [3.05, 3.63) is 379 Å². The zero-order valence-corrected chi connectivity index (χ0v) is 58.2. The molecule has 2 aliphatic rings. The van der Waals surface area contributed by atoms with Gasteiger partial charge >= 0.3 is 0 Å². The lowest BCUT2D eigenvalue weighted by atomic mass is 9.73. The highest BCUT2D eigenvalue weighted by molar-refractivity contribution is 9.10. The van der Waals surface area contributed by atoms with Crippen LogP contribution in [0.25, 0.3) is 105 Å². The third-order valence-corrected chi connectivity index (χ3v) is 21.5. The Bertz CT molecular complexity index is 6040. The van der Waals surface area contributed by atoms with E-state index in [1.165, 1.54) is 144 Å². The standard InChI is InChI=1S/C47H35N3.C26H18N2.C21H18BrN/c1-47(2)39-20-10-13-23-43(39)49(44-24-14-11-21-40(44)47)34-25-27-35(28-26-34)50-41-22-12-9-19-36(41)37-29-30-42-38(46(37)50)31-45(32-15-5-3-6-16-32)48(42)33-17-7-4-8-18-33;1-3-9-18(10-4-1)25-17-22-24(28(25)19-11-5-2-6-12-19)16-15-21-20-13-7-8-14-23(20)27-26(21)22;1-21(2)17-7-3-5-9-19(17)23(16-13-11-15(22)12-14-16)20-10-6-4-8-18(20)21/h3-31H,1-2H3;1-17,27H;3-14H,1-2H3. The average molecular weight is 1360 g/mol. The van der Waals surface area contributed by atoms with E-state index >= 15 is 0 Å². The molecule has 0 radical (unpaired) electrons. The van der Waals surface area contributed by atoms with Crippen molar-refractivity contribution in [1.29, 1.82) is 0 Å². The maximum absolute atomic E-state index is 3.65. The van der Waals surface area contributed by atoms with Gasteiger partial charge in [-0.3, -0.25) is 0 Å². The Labute approximate surface area is 596 Å². The van der Waals surface area contributed by atoms with Crippen LogP contribution in [-0.4, -0.2) is 18.7 Å². The summed E-state index contributed by atoms with van der Waals surface area (Å²) < 4.78 is 8.32. The number of aromatic amines is 1. The number of fused-ring (bicyclic) bond motifs is 14. The molecule has 20 rings (SSSR count). The zero-order chi connectivity index (χ0) is 67.9. The molecule has 0 atom stereocenters. The molecule has 484 valence electrons. The molecular formula is C94H71BrN6. The van der Waals surface area contributed by atoms with E-state index in [4.69, 9.17) is 0 Å². The number of benzene rings is 14. The number of nitrogens with zero attached hydrogens (tertiary/aromatic N) is 5. The van der Waals surface area contributed by atoms with Gasteiger partial charge in [-0.2, -0.15) is 0 Å². The van der Waals surface area contributed by atoms with Crippen LogP contribution in [-0.2, 0) is 10.8 Å². The normalized spacial score (nSPS) is 13.3. The summed E-state index contributed by atoms with van der Waals surface area (Å²) in [5, 5.41) is 7.52. The number of hydrogen-bond donors (Lipinski definition) is 1. The molecule has 4 aromatic heterocycles. The molecule has 14 aromatic carbocycles. The highest BCUT2D eigenvalue weighted by atomic mass is 79.9. The summed E-state index contributed by atoms with van der Waals surface area (Å²) in [6.07, 6.45) is 0. The van der Waals surface area contributed by atoms with Crippen LogP contribution in [0.4, 0.5) is 34.1 Å². The monoisotopic (exact) mass is 1360 g/mol. The molecule has 2 aliphatic heterocycles. The molecule has 0 amide bonds. The third kappa shape index (κ3) is 10.2. The topological polar surface area (TPSA) is 37.1 Å². The summed E-state index contributed by atoms with van der Waals surface area (Å²) in [6.45, 7) is 9.29. The number of hydrogen-bond acceptors (Lipinski definition) is 2. The van der Waals surface area contributed by atoms with Crippen molar-refractivity contribution < 1.29 is 0 Å². The molecule has 0 fully saturated rings. The Balaban J connectivity index is 0.000000121. The van der Waals surface area contributed by atoms with Crippen LogP contribution < -0.4 is 9.80 Å². The van der Waals surface area contributed by atoms with Gasteiger partial charge in [0.2, 0.25) is 0 Å². The fourth-order valence-electron chi connectivity index (χ4n) is 16.2. The molecule has 0 unspecified atom stereocenters. The van der Waals surface area contributed by atoms with E-state index in [1.807, 2.05) is 0 Å². The maximum atomic E-state index is 3.65. The van der Waals surface area contributed by atoms with Gasteiger partial charge in [0.15, 0.2) is 0 Å².